The highest BCUT2D eigenvalue weighted by Gasteiger charge is 2.33. The Morgan fingerprint density at radius 3 is 2.46 bits per heavy atom. The Bertz CT molecular complexity index is 718. The number of amides is 2. The van der Waals surface area contributed by atoms with Gasteiger partial charge >= 0.3 is 12.2 Å². The minimum atomic E-state index is -4.60. The van der Waals surface area contributed by atoms with Crippen LogP contribution in [0.1, 0.15) is 11.1 Å². The van der Waals surface area contributed by atoms with Gasteiger partial charge in [-0.05, 0) is 37.3 Å². The number of carbonyl (C=O) groups is 1. The van der Waals surface area contributed by atoms with E-state index in [1.165, 1.54) is 6.07 Å². The van der Waals surface area contributed by atoms with E-state index in [0.29, 0.717) is 5.75 Å². The Kier molecular flexibility index (Phi) is 5.56. The first kappa shape index (κ1) is 17.9. The molecule has 2 N–H and O–H groups in total. The fourth-order valence-electron chi connectivity index (χ4n) is 1.82. The van der Waals surface area contributed by atoms with Gasteiger partial charge in [0, 0.05) is 5.69 Å². The minimum absolute atomic E-state index is 0.0282. The molecule has 2 aromatic rings. The van der Waals surface area contributed by atoms with Crippen LogP contribution in [0.25, 0.3) is 0 Å². The van der Waals surface area contributed by atoms with Crippen LogP contribution in [-0.2, 0) is 6.18 Å². The Morgan fingerprint density at radius 2 is 1.83 bits per heavy atom. The van der Waals surface area contributed by atoms with Crippen molar-refractivity contribution in [2.75, 3.05) is 12.0 Å². The smallest absolute Gasteiger partial charge is 0.417 e. The van der Waals surface area contributed by atoms with Crippen LogP contribution in [0, 0.1) is 6.92 Å². The van der Waals surface area contributed by atoms with Crippen molar-refractivity contribution >= 4 is 23.3 Å². The zero-order chi connectivity index (χ0) is 17.7. The average Bonchev–Trinajstić information content (AvgIpc) is 2.50. The molecule has 0 heterocycles. The standard InChI is InChI=1S/C16H14ClF3N2O2/c1-10-2-5-12(6-3-10)24-9-21-15(23)22-11-4-7-14(17)13(8-11)16(18,19)20/h2-8H,9H2,1H3,(H2,21,22,23). The number of aryl methyl sites for hydroxylation is 1. The summed E-state index contributed by atoms with van der Waals surface area (Å²) >= 11 is 5.51. The first-order chi connectivity index (χ1) is 11.3. The molecule has 0 atom stereocenters. The number of hydrogen-bond acceptors (Lipinski definition) is 2. The number of nitrogens with one attached hydrogen (secondary N) is 2. The van der Waals surface area contributed by atoms with E-state index in [0.717, 1.165) is 17.7 Å². The predicted octanol–water partition coefficient (Wildman–Crippen LogP) is 4.83. The molecular formula is C16H14ClF3N2O2. The summed E-state index contributed by atoms with van der Waals surface area (Å²) in [5, 5.41) is 4.23. The summed E-state index contributed by atoms with van der Waals surface area (Å²) in [6, 6.07) is 9.60. The van der Waals surface area contributed by atoms with Gasteiger partial charge in [-0.3, -0.25) is 0 Å². The summed E-state index contributed by atoms with van der Waals surface area (Å²) in [6.07, 6.45) is -4.60. The number of ether oxygens (including phenoxy) is 1. The number of rotatable bonds is 4. The van der Waals surface area contributed by atoms with Crippen LogP contribution in [-0.4, -0.2) is 12.8 Å². The van der Waals surface area contributed by atoms with Crippen molar-refractivity contribution in [3.05, 3.63) is 58.6 Å². The molecule has 0 aliphatic rings. The molecule has 0 aromatic heterocycles. The fourth-order valence-corrected chi connectivity index (χ4v) is 2.04. The van der Waals surface area contributed by atoms with Crippen molar-refractivity contribution in [3.8, 4) is 5.75 Å². The Morgan fingerprint density at radius 1 is 1.17 bits per heavy atom. The maximum atomic E-state index is 12.8. The largest absolute Gasteiger partial charge is 0.473 e. The van der Waals surface area contributed by atoms with E-state index in [1.807, 2.05) is 19.1 Å². The van der Waals surface area contributed by atoms with Crippen LogP contribution in [0.3, 0.4) is 0 Å². The van der Waals surface area contributed by atoms with Gasteiger partial charge in [0.2, 0.25) is 0 Å². The highest BCUT2D eigenvalue weighted by molar-refractivity contribution is 6.31. The number of alkyl halides is 3. The van der Waals surface area contributed by atoms with Gasteiger partial charge in [-0.1, -0.05) is 29.3 Å². The van der Waals surface area contributed by atoms with Gasteiger partial charge in [-0.15, -0.1) is 0 Å². The summed E-state index contributed by atoms with van der Waals surface area (Å²) < 4.78 is 43.5. The van der Waals surface area contributed by atoms with Gasteiger partial charge in [-0.2, -0.15) is 13.2 Å². The fraction of sp³-hybridized carbons (Fsp3) is 0.188. The summed E-state index contributed by atoms with van der Waals surface area (Å²) in [5.74, 6) is 0.562. The molecule has 0 aliphatic carbocycles. The van der Waals surface area contributed by atoms with Gasteiger partial charge < -0.3 is 15.4 Å². The number of carbonyl (C=O) groups excluding carboxylic acids is 1. The SMILES string of the molecule is Cc1ccc(OCNC(=O)Nc2ccc(Cl)c(C(F)(F)F)c2)cc1. The van der Waals surface area contributed by atoms with Crippen LogP contribution in [0.2, 0.25) is 5.02 Å². The molecule has 0 spiro atoms. The molecule has 2 rings (SSSR count). The third kappa shape index (κ3) is 5.06. The van der Waals surface area contributed by atoms with E-state index in [1.54, 1.807) is 12.1 Å². The second-order valence-corrected chi connectivity index (χ2v) is 5.33. The number of urea groups is 1. The highest BCUT2D eigenvalue weighted by Crippen LogP contribution is 2.36. The van der Waals surface area contributed by atoms with E-state index in [4.69, 9.17) is 16.3 Å². The van der Waals surface area contributed by atoms with E-state index >= 15 is 0 Å². The van der Waals surface area contributed by atoms with E-state index in [2.05, 4.69) is 10.6 Å². The van der Waals surface area contributed by atoms with E-state index in [9.17, 15) is 18.0 Å². The van der Waals surface area contributed by atoms with Crippen molar-refractivity contribution < 1.29 is 22.7 Å². The third-order valence-electron chi connectivity index (χ3n) is 3.02. The Balaban J connectivity index is 1.89. The predicted molar refractivity (Wildman–Crippen MR) is 85.3 cm³/mol. The quantitative estimate of drug-likeness (QED) is 0.769. The second-order valence-electron chi connectivity index (χ2n) is 4.93. The van der Waals surface area contributed by atoms with Crippen molar-refractivity contribution in [2.45, 2.75) is 13.1 Å². The third-order valence-corrected chi connectivity index (χ3v) is 3.35. The van der Waals surface area contributed by atoms with Crippen LogP contribution >= 0.6 is 11.6 Å². The van der Waals surface area contributed by atoms with E-state index < -0.39 is 22.8 Å². The summed E-state index contributed by atoms with van der Waals surface area (Å²) in [4.78, 5) is 11.7. The molecule has 4 nitrogen and oxygen atoms in total. The average molecular weight is 359 g/mol. The number of hydrogen-bond donors (Lipinski definition) is 2. The monoisotopic (exact) mass is 358 g/mol. The second kappa shape index (κ2) is 7.44. The van der Waals surface area contributed by atoms with Crippen LogP contribution in [0.15, 0.2) is 42.5 Å². The number of halogens is 4. The molecule has 128 valence electrons. The van der Waals surface area contributed by atoms with Gasteiger partial charge in [-0.25, -0.2) is 4.79 Å². The maximum Gasteiger partial charge on any atom is 0.417 e. The maximum absolute atomic E-state index is 12.8. The van der Waals surface area contributed by atoms with Crippen LogP contribution in [0.5, 0.6) is 5.75 Å². The van der Waals surface area contributed by atoms with Crippen molar-refractivity contribution in [3.63, 3.8) is 0 Å². The van der Waals surface area contributed by atoms with Gasteiger partial charge in [0.05, 0.1) is 10.6 Å². The summed E-state index contributed by atoms with van der Waals surface area (Å²) in [7, 11) is 0. The van der Waals surface area contributed by atoms with Crippen LogP contribution < -0.4 is 15.4 Å². The van der Waals surface area contributed by atoms with Gasteiger partial charge in [0.25, 0.3) is 0 Å². The normalized spacial score (nSPS) is 11.0. The Hall–Kier alpha value is -2.41. The Labute approximate surface area is 141 Å². The van der Waals surface area contributed by atoms with Gasteiger partial charge in [0.15, 0.2) is 6.73 Å². The van der Waals surface area contributed by atoms with Crippen molar-refractivity contribution in [1.29, 1.82) is 0 Å². The number of benzene rings is 2. The zero-order valence-electron chi connectivity index (χ0n) is 12.6. The topological polar surface area (TPSA) is 50.4 Å². The molecule has 0 aliphatic heterocycles. The molecule has 0 bridgehead atoms. The molecule has 0 saturated heterocycles. The molecule has 24 heavy (non-hydrogen) atoms. The molecule has 2 amide bonds. The van der Waals surface area contributed by atoms with Gasteiger partial charge in [0.1, 0.15) is 5.75 Å². The zero-order valence-corrected chi connectivity index (χ0v) is 13.3. The molecule has 2 aromatic carbocycles. The first-order valence-corrected chi connectivity index (χ1v) is 7.24. The van der Waals surface area contributed by atoms with E-state index in [-0.39, 0.29) is 12.4 Å². The molecule has 0 radical (unpaired) electrons. The molecule has 0 saturated carbocycles. The van der Waals surface area contributed by atoms with Crippen molar-refractivity contribution in [2.24, 2.45) is 0 Å². The number of anilines is 1. The lowest BCUT2D eigenvalue weighted by atomic mass is 10.2. The van der Waals surface area contributed by atoms with Crippen molar-refractivity contribution in [1.82, 2.24) is 5.32 Å². The van der Waals surface area contributed by atoms with Crippen LogP contribution in [0.4, 0.5) is 23.7 Å². The molecule has 0 unspecified atom stereocenters. The molecule has 0 fully saturated rings. The lowest BCUT2D eigenvalue weighted by molar-refractivity contribution is -0.137. The molecular weight excluding hydrogens is 345 g/mol. The summed E-state index contributed by atoms with van der Waals surface area (Å²) in [5.41, 5.74) is 0.0219. The first-order valence-electron chi connectivity index (χ1n) is 6.87. The molecule has 8 heteroatoms. The lowest BCUT2D eigenvalue weighted by Gasteiger charge is -2.12. The lowest BCUT2D eigenvalue weighted by Crippen LogP contribution is -2.32. The highest BCUT2D eigenvalue weighted by atomic mass is 35.5. The minimum Gasteiger partial charge on any atom is -0.473 e. The summed E-state index contributed by atoms with van der Waals surface area (Å²) in [6.45, 7) is 1.80.